The van der Waals surface area contributed by atoms with Gasteiger partial charge in [-0.2, -0.15) is 0 Å². The van der Waals surface area contributed by atoms with E-state index >= 15 is 0 Å². The number of benzene rings is 1. The maximum absolute atomic E-state index is 4.46. The van der Waals surface area contributed by atoms with Gasteiger partial charge in [0.15, 0.2) is 0 Å². The van der Waals surface area contributed by atoms with Crippen molar-refractivity contribution in [3.8, 4) is 0 Å². The summed E-state index contributed by atoms with van der Waals surface area (Å²) in [6.45, 7) is 2.21. The summed E-state index contributed by atoms with van der Waals surface area (Å²) in [5.74, 6) is 0.340. The van der Waals surface area contributed by atoms with Crippen molar-refractivity contribution < 1.29 is 0 Å². The van der Waals surface area contributed by atoms with E-state index in [4.69, 9.17) is 0 Å². The third kappa shape index (κ3) is 2.90. The molecule has 0 saturated carbocycles. The van der Waals surface area contributed by atoms with Crippen LogP contribution < -0.4 is 5.32 Å². The lowest BCUT2D eigenvalue weighted by atomic mass is 9.91. The third-order valence-corrected chi connectivity index (χ3v) is 4.19. The molecule has 0 saturated heterocycles. The average molecular weight is 352 g/mol. The maximum atomic E-state index is 4.46. The van der Waals surface area contributed by atoms with Gasteiger partial charge in [-0.25, -0.2) is 0 Å². The van der Waals surface area contributed by atoms with Crippen LogP contribution in [0.5, 0.6) is 0 Å². The molecule has 2 unspecified atom stereocenters. The molecule has 0 spiro atoms. The molecular weight excluding hydrogens is 335 g/mol. The number of nitrogens with zero attached hydrogens (tertiary/aromatic N) is 1. The van der Waals surface area contributed by atoms with Crippen molar-refractivity contribution in [2.75, 3.05) is 7.05 Å². The zero-order valence-electron chi connectivity index (χ0n) is 10.6. The Labute approximate surface area is 122 Å². The van der Waals surface area contributed by atoms with Crippen LogP contribution in [-0.4, -0.2) is 12.0 Å². The molecule has 3 heteroatoms. The molecule has 0 aliphatic rings. The Hall–Kier alpha value is -0.940. The van der Waals surface area contributed by atoms with E-state index in [-0.39, 0.29) is 6.04 Å². The van der Waals surface area contributed by atoms with Crippen molar-refractivity contribution >= 4 is 22.6 Å². The van der Waals surface area contributed by atoms with Crippen LogP contribution in [-0.2, 0) is 0 Å². The Bertz CT molecular complexity index is 499. The fourth-order valence-electron chi connectivity index (χ4n) is 2.22. The van der Waals surface area contributed by atoms with Crippen molar-refractivity contribution in [3.05, 3.63) is 63.5 Å². The van der Waals surface area contributed by atoms with E-state index < -0.39 is 0 Å². The van der Waals surface area contributed by atoms with Gasteiger partial charge in [0.25, 0.3) is 0 Å². The monoisotopic (exact) mass is 352 g/mol. The van der Waals surface area contributed by atoms with Crippen LogP contribution in [0.4, 0.5) is 0 Å². The van der Waals surface area contributed by atoms with Crippen molar-refractivity contribution in [2.24, 2.45) is 0 Å². The minimum Gasteiger partial charge on any atom is -0.312 e. The third-order valence-electron chi connectivity index (χ3n) is 3.21. The number of pyridine rings is 1. The highest BCUT2D eigenvalue weighted by Gasteiger charge is 2.21. The van der Waals surface area contributed by atoms with E-state index in [1.165, 1.54) is 9.13 Å². The summed E-state index contributed by atoms with van der Waals surface area (Å²) >= 11 is 2.39. The summed E-state index contributed by atoms with van der Waals surface area (Å²) in [7, 11) is 2.01. The van der Waals surface area contributed by atoms with Gasteiger partial charge in [0.05, 0.1) is 0 Å². The topological polar surface area (TPSA) is 24.9 Å². The van der Waals surface area contributed by atoms with E-state index in [1.807, 2.05) is 25.4 Å². The fraction of sp³-hybridized carbons (Fsp3) is 0.267. The molecule has 0 radical (unpaired) electrons. The predicted octanol–water partition coefficient (Wildman–Crippen LogP) is 3.75. The van der Waals surface area contributed by atoms with Gasteiger partial charge in [0.2, 0.25) is 0 Å². The summed E-state index contributed by atoms with van der Waals surface area (Å²) in [5, 5.41) is 3.41. The van der Waals surface area contributed by atoms with Gasteiger partial charge >= 0.3 is 0 Å². The summed E-state index contributed by atoms with van der Waals surface area (Å²) in [6.07, 6.45) is 1.86. The number of likely N-dealkylation sites (N-methyl/N-ethyl adjacent to an activating group) is 1. The molecule has 0 aliphatic carbocycles. The lowest BCUT2D eigenvalue weighted by Gasteiger charge is -2.24. The van der Waals surface area contributed by atoms with Crippen molar-refractivity contribution in [1.82, 2.24) is 10.3 Å². The Morgan fingerprint density at radius 1 is 1.11 bits per heavy atom. The second kappa shape index (κ2) is 6.29. The first-order valence-electron chi connectivity index (χ1n) is 6.06. The highest BCUT2D eigenvalue weighted by Crippen LogP contribution is 2.31. The van der Waals surface area contributed by atoms with Crippen LogP contribution in [0.15, 0.2) is 48.7 Å². The summed E-state index contributed by atoms with van der Waals surface area (Å²) in [5.41, 5.74) is 2.45. The molecule has 1 aromatic carbocycles. The number of hydrogen-bond acceptors (Lipinski definition) is 2. The number of nitrogens with one attached hydrogen (secondary N) is 1. The molecule has 1 aromatic heterocycles. The van der Waals surface area contributed by atoms with Gasteiger partial charge in [-0.3, -0.25) is 4.98 Å². The SMILES string of the molecule is CNC(c1ccccc1I)C(C)c1ccccn1. The van der Waals surface area contributed by atoms with Crippen LogP contribution in [0, 0.1) is 3.57 Å². The lowest BCUT2D eigenvalue weighted by molar-refractivity contribution is 0.497. The quantitative estimate of drug-likeness (QED) is 0.848. The molecule has 1 heterocycles. The molecule has 0 fully saturated rings. The highest BCUT2D eigenvalue weighted by molar-refractivity contribution is 14.1. The molecule has 0 amide bonds. The van der Waals surface area contributed by atoms with Gasteiger partial charge in [0, 0.05) is 27.4 Å². The van der Waals surface area contributed by atoms with E-state index in [0.717, 1.165) is 5.69 Å². The number of rotatable bonds is 4. The Morgan fingerprint density at radius 2 is 1.83 bits per heavy atom. The van der Waals surface area contributed by atoms with Gasteiger partial charge in [-0.05, 0) is 53.4 Å². The van der Waals surface area contributed by atoms with Crippen LogP contribution >= 0.6 is 22.6 Å². The van der Waals surface area contributed by atoms with Crippen LogP contribution in [0.1, 0.15) is 30.1 Å². The molecule has 2 rings (SSSR count). The van der Waals surface area contributed by atoms with Gasteiger partial charge in [0.1, 0.15) is 0 Å². The Morgan fingerprint density at radius 3 is 2.44 bits per heavy atom. The van der Waals surface area contributed by atoms with Crippen molar-refractivity contribution in [2.45, 2.75) is 18.9 Å². The molecule has 2 aromatic rings. The van der Waals surface area contributed by atoms with Gasteiger partial charge < -0.3 is 5.32 Å². The van der Waals surface area contributed by atoms with E-state index in [1.54, 1.807) is 0 Å². The zero-order chi connectivity index (χ0) is 13.0. The number of aromatic nitrogens is 1. The van der Waals surface area contributed by atoms with E-state index in [9.17, 15) is 0 Å². The minimum atomic E-state index is 0.285. The molecule has 0 bridgehead atoms. The van der Waals surface area contributed by atoms with Crippen LogP contribution in [0.25, 0.3) is 0 Å². The number of hydrogen-bond donors (Lipinski definition) is 1. The predicted molar refractivity (Wildman–Crippen MR) is 83.6 cm³/mol. The van der Waals surface area contributed by atoms with Gasteiger partial charge in [-0.1, -0.05) is 31.2 Å². The van der Waals surface area contributed by atoms with E-state index in [0.29, 0.717) is 5.92 Å². The number of halogens is 1. The smallest absolute Gasteiger partial charge is 0.0450 e. The lowest BCUT2D eigenvalue weighted by Crippen LogP contribution is -2.23. The van der Waals surface area contributed by atoms with Crippen molar-refractivity contribution in [3.63, 3.8) is 0 Å². The fourth-order valence-corrected chi connectivity index (χ4v) is 2.94. The summed E-state index contributed by atoms with van der Waals surface area (Å²) in [4.78, 5) is 4.46. The largest absolute Gasteiger partial charge is 0.312 e. The first kappa shape index (κ1) is 13.5. The molecule has 2 nitrogen and oxygen atoms in total. The first-order valence-corrected chi connectivity index (χ1v) is 7.14. The molecule has 1 N–H and O–H groups in total. The van der Waals surface area contributed by atoms with E-state index in [2.05, 4.69) is 70.1 Å². The molecule has 0 aliphatic heterocycles. The Balaban J connectivity index is 2.32. The average Bonchev–Trinajstić information content (AvgIpc) is 2.42. The van der Waals surface area contributed by atoms with Crippen molar-refractivity contribution in [1.29, 1.82) is 0 Å². The van der Waals surface area contributed by atoms with Crippen LogP contribution in [0.2, 0.25) is 0 Å². The minimum absolute atomic E-state index is 0.285. The van der Waals surface area contributed by atoms with Gasteiger partial charge in [-0.15, -0.1) is 0 Å². The second-order valence-corrected chi connectivity index (χ2v) is 5.49. The molecular formula is C15H17IN2. The molecule has 2 atom stereocenters. The molecule has 18 heavy (non-hydrogen) atoms. The molecule has 94 valence electrons. The summed E-state index contributed by atoms with van der Waals surface area (Å²) in [6, 6.07) is 14.9. The zero-order valence-corrected chi connectivity index (χ0v) is 12.8. The second-order valence-electron chi connectivity index (χ2n) is 4.33. The standard InChI is InChI=1S/C15H17IN2/c1-11(14-9-5-6-10-18-14)15(17-2)12-7-3-4-8-13(12)16/h3-11,15,17H,1-2H3. The highest BCUT2D eigenvalue weighted by atomic mass is 127. The Kier molecular flexibility index (Phi) is 4.72. The maximum Gasteiger partial charge on any atom is 0.0450 e. The normalized spacial score (nSPS) is 14.2. The summed E-state index contributed by atoms with van der Waals surface area (Å²) < 4.78 is 1.29. The van der Waals surface area contributed by atoms with Crippen LogP contribution in [0.3, 0.4) is 0 Å². The first-order chi connectivity index (χ1) is 8.74.